The fraction of sp³-hybridized carbons (Fsp3) is 0.636. The summed E-state index contributed by atoms with van der Waals surface area (Å²) in [5.74, 6) is -1.19. The van der Waals surface area contributed by atoms with Crippen LogP contribution < -0.4 is 16.5 Å². The molecule has 0 saturated carbocycles. The van der Waals surface area contributed by atoms with Gasteiger partial charge >= 0.3 is 16.4 Å². The van der Waals surface area contributed by atoms with Crippen LogP contribution in [0.3, 0.4) is 0 Å². The highest BCUT2D eigenvalue weighted by Crippen LogP contribution is 2.30. The first kappa shape index (κ1) is 19.8. The van der Waals surface area contributed by atoms with Crippen LogP contribution in [0.1, 0.15) is 19.3 Å². The topological polar surface area (TPSA) is 211 Å². The number of amides is 3. The monoisotopic (exact) mass is 393 g/mol. The minimum absolute atomic E-state index is 0.0932. The number of urea groups is 1. The van der Waals surface area contributed by atoms with Crippen LogP contribution >= 0.6 is 0 Å². The van der Waals surface area contributed by atoms with Crippen molar-refractivity contribution < 1.29 is 31.7 Å². The Kier molecular flexibility index (Phi) is 5.96. The number of nitrogens with one attached hydrogen (secondary N) is 4. The van der Waals surface area contributed by atoms with Gasteiger partial charge in [-0.05, 0) is 12.8 Å². The van der Waals surface area contributed by atoms with Gasteiger partial charge in [-0.3, -0.25) is 25.0 Å². The van der Waals surface area contributed by atoms with E-state index in [0.717, 1.165) is 0 Å². The predicted octanol–water partition coefficient (Wildman–Crippen LogP) is -2.11. The Balaban J connectivity index is 1.88. The molecule has 26 heavy (non-hydrogen) atoms. The van der Waals surface area contributed by atoms with Crippen molar-refractivity contribution >= 4 is 34.1 Å². The number of fused-ring (bicyclic) bond motifs is 2. The molecule has 2 bridgehead atoms. The lowest BCUT2D eigenvalue weighted by molar-refractivity contribution is -0.121. The van der Waals surface area contributed by atoms with Crippen LogP contribution in [-0.2, 0) is 24.3 Å². The Hall–Kier alpha value is -2.49. The number of rotatable bonds is 7. The average Bonchev–Trinajstić information content (AvgIpc) is 2.75. The number of carbonyl (C=O) groups is 2. The zero-order valence-corrected chi connectivity index (χ0v) is 14.3. The highest BCUT2D eigenvalue weighted by Gasteiger charge is 2.48. The van der Waals surface area contributed by atoms with Crippen LogP contribution in [0.25, 0.3) is 0 Å². The number of hydrogen-bond donors (Lipinski definition) is 6. The van der Waals surface area contributed by atoms with Crippen molar-refractivity contribution in [2.24, 2.45) is 5.73 Å². The van der Waals surface area contributed by atoms with E-state index < -0.39 is 40.4 Å². The van der Waals surface area contributed by atoms with Crippen molar-refractivity contribution in [3.8, 4) is 0 Å². The lowest BCUT2D eigenvalue weighted by Crippen LogP contribution is -2.50. The normalized spacial score (nSPS) is 22.3. The molecule has 2 aliphatic heterocycles. The van der Waals surface area contributed by atoms with Crippen molar-refractivity contribution in [1.29, 1.82) is 10.8 Å². The summed E-state index contributed by atoms with van der Waals surface area (Å²) in [6.45, 7) is 0.00691. The number of piperidine rings is 1. The zero-order valence-electron chi connectivity index (χ0n) is 13.5. The molecule has 0 radical (unpaired) electrons. The van der Waals surface area contributed by atoms with Gasteiger partial charge in [0.15, 0.2) is 0 Å². The number of guanidine groups is 1. The van der Waals surface area contributed by atoms with Crippen LogP contribution in [0.15, 0.2) is 0 Å². The van der Waals surface area contributed by atoms with Crippen LogP contribution in [0.4, 0.5) is 4.79 Å². The summed E-state index contributed by atoms with van der Waals surface area (Å²) >= 11 is 0. The second-order valence-electron chi connectivity index (χ2n) is 5.59. The SMILES string of the molecule is N=C(N)NOCCC(=O)NC(=N)[C@@H]1CC[C@@H]2CN1C(=O)N2OS(=O)(=O)O. The first-order valence-corrected chi connectivity index (χ1v) is 8.82. The maximum atomic E-state index is 12.2. The summed E-state index contributed by atoms with van der Waals surface area (Å²) in [5, 5.41) is 17.7. The van der Waals surface area contributed by atoms with E-state index in [2.05, 4.69) is 15.1 Å². The Morgan fingerprint density at radius 3 is 2.69 bits per heavy atom. The molecule has 2 aliphatic rings. The Morgan fingerprint density at radius 2 is 2.08 bits per heavy atom. The maximum Gasteiger partial charge on any atom is 0.418 e. The van der Waals surface area contributed by atoms with E-state index in [1.807, 2.05) is 0 Å². The van der Waals surface area contributed by atoms with E-state index in [4.69, 9.17) is 25.9 Å². The standard InChI is InChI=1S/C11H19N7O7S/c12-9(15-8(19)3-4-24-16-10(13)14)7-2-1-6-5-17(7)11(20)18(6)25-26(21,22)23/h6-7H,1-5H2,(H2,12,15,19)(H4,13,14,16)(H,21,22,23)/t6-,7+/m1/s1. The third kappa shape index (κ3) is 5.01. The van der Waals surface area contributed by atoms with E-state index in [0.29, 0.717) is 17.9 Å². The quantitative estimate of drug-likeness (QED) is 0.0916. The largest absolute Gasteiger partial charge is 0.418 e. The van der Waals surface area contributed by atoms with E-state index in [1.54, 1.807) is 0 Å². The van der Waals surface area contributed by atoms with Crippen LogP contribution in [-0.4, -0.2) is 71.9 Å². The summed E-state index contributed by atoms with van der Waals surface area (Å²) in [6.07, 6.45) is 0.513. The van der Waals surface area contributed by atoms with E-state index in [9.17, 15) is 18.0 Å². The zero-order chi connectivity index (χ0) is 19.5. The van der Waals surface area contributed by atoms with E-state index >= 15 is 0 Å². The average molecular weight is 393 g/mol. The third-order valence-electron chi connectivity index (χ3n) is 3.72. The molecule has 0 aromatic heterocycles. The maximum absolute atomic E-state index is 12.2. The van der Waals surface area contributed by atoms with Crippen molar-refractivity contribution in [2.45, 2.75) is 31.3 Å². The first-order valence-electron chi connectivity index (χ1n) is 7.45. The molecule has 7 N–H and O–H groups in total. The first-order chi connectivity index (χ1) is 12.1. The van der Waals surface area contributed by atoms with Crippen molar-refractivity contribution in [1.82, 2.24) is 20.8 Å². The fourth-order valence-corrected chi connectivity index (χ4v) is 3.09. The molecule has 2 saturated heterocycles. The lowest BCUT2D eigenvalue weighted by Gasteiger charge is -2.30. The van der Waals surface area contributed by atoms with Gasteiger partial charge in [0.2, 0.25) is 11.9 Å². The van der Waals surface area contributed by atoms with Crippen molar-refractivity contribution in [2.75, 3.05) is 13.2 Å². The lowest BCUT2D eigenvalue weighted by atomic mass is 10.00. The summed E-state index contributed by atoms with van der Waals surface area (Å²) in [5.41, 5.74) is 7.05. The van der Waals surface area contributed by atoms with Gasteiger partial charge in [-0.25, -0.2) is 10.3 Å². The highest BCUT2D eigenvalue weighted by molar-refractivity contribution is 7.80. The predicted molar refractivity (Wildman–Crippen MR) is 84.9 cm³/mol. The molecule has 2 rings (SSSR count). The van der Waals surface area contributed by atoms with Gasteiger partial charge in [0.05, 0.1) is 25.1 Å². The number of carbonyl (C=O) groups excluding carboxylic acids is 2. The van der Waals surface area contributed by atoms with Gasteiger partial charge in [-0.15, -0.1) is 4.28 Å². The van der Waals surface area contributed by atoms with Crippen LogP contribution in [0, 0.1) is 10.8 Å². The molecular formula is C11H19N7O7S. The Bertz CT molecular complexity index is 712. The van der Waals surface area contributed by atoms with Crippen molar-refractivity contribution in [3.63, 3.8) is 0 Å². The third-order valence-corrected chi connectivity index (χ3v) is 4.07. The molecule has 0 aromatic carbocycles. The number of amidine groups is 1. The molecule has 0 aromatic rings. The molecule has 3 amide bonds. The smallest absolute Gasteiger partial charge is 0.368 e. The number of hydroxylamine groups is 3. The minimum atomic E-state index is -4.84. The van der Waals surface area contributed by atoms with Crippen LogP contribution in [0.5, 0.6) is 0 Å². The summed E-state index contributed by atoms with van der Waals surface area (Å²) in [6, 6.07) is -2.15. The number of nitrogens with two attached hydrogens (primary N) is 1. The molecule has 0 unspecified atom stereocenters. The molecule has 2 fully saturated rings. The summed E-state index contributed by atoms with van der Waals surface area (Å²) < 4.78 is 34.7. The molecule has 0 spiro atoms. The molecule has 2 atom stereocenters. The molecule has 2 heterocycles. The highest BCUT2D eigenvalue weighted by atomic mass is 32.3. The molecular weight excluding hydrogens is 374 g/mol. The van der Waals surface area contributed by atoms with Crippen molar-refractivity contribution in [3.05, 3.63) is 0 Å². The van der Waals surface area contributed by atoms with Gasteiger partial charge in [-0.2, -0.15) is 13.5 Å². The molecule has 0 aliphatic carbocycles. The second-order valence-corrected chi connectivity index (χ2v) is 6.59. The van der Waals surface area contributed by atoms with E-state index in [-0.39, 0.29) is 25.4 Å². The molecule has 14 nitrogen and oxygen atoms in total. The summed E-state index contributed by atoms with van der Waals surface area (Å²) in [4.78, 5) is 29.9. The van der Waals surface area contributed by atoms with Gasteiger partial charge in [0, 0.05) is 6.54 Å². The molecule has 15 heteroatoms. The Morgan fingerprint density at radius 1 is 1.38 bits per heavy atom. The number of hydrogen-bond acceptors (Lipinski definition) is 8. The summed E-state index contributed by atoms with van der Waals surface area (Å²) in [7, 11) is -4.84. The minimum Gasteiger partial charge on any atom is -0.368 e. The van der Waals surface area contributed by atoms with Gasteiger partial charge < -0.3 is 16.0 Å². The Labute approximate surface area is 148 Å². The molecule has 146 valence electrons. The van der Waals surface area contributed by atoms with Gasteiger partial charge in [0.1, 0.15) is 5.84 Å². The van der Waals surface area contributed by atoms with Gasteiger partial charge in [0.25, 0.3) is 0 Å². The fourth-order valence-electron chi connectivity index (χ4n) is 2.70. The van der Waals surface area contributed by atoms with Crippen LogP contribution in [0.2, 0.25) is 0 Å². The number of nitrogens with zero attached hydrogens (tertiary/aromatic N) is 2. The second kappa shape index (κ2) is 7.81. The van der Waals surface area contributed by atoms with Gasteiger partial charge in [-0.1, -0.05) is 0 Å². The van der Waals surface area contributed by atoms with E-state index in [1.165, 1.54) is 4.90 Å².